The van der Waals surface area contributed by atoms with Crippen LogP contribution < -0.4 is 11.5 Å². The monoisotopic (exact) mass is 459 g/mol. The Kier molecular flexibility index (Phi) is 8.86. The molecule has 3 saturated carbocycles. The molecular weight excluding hydrogens is 414 g/mol. The van der Waals surface area contributed by atoms with Gasteiger partial charge in [-0.05, 0) is 94.0 Å². The number of allylic oxidation sites excluding steroid dienone is 1. The summed E-state index contributed by atoms with van der Waals surface area (Å²) in [5.74, 6) is 4.25. The summed E-state index contributed by atoms with van der Waals surface area (Å²) in [5.41, 5.74) is 12.7. The predicted octanol–water partition coefficient (Wildman–Crippen LogP) is 3.78. The molecule has 4 aliphatic rings. The molecule has 0 saturated heterocycles. The fraction of sp³-hybridized carbons (Fsp3) is 0.852. The second-order valence-electron chi connectivity index (χ2n) is 10.9. The van der Waals surface area contributed by atoms with Gasteiger partial charge in [-0.1, -0.05) is 24.5 Å². The molecule has 0 aromatic rings. The van der Waals surface area contributed by atoms with Gasteiger partial charge < -0.3 is 21.1 Å². The fourth-order valence-electron chi connectivity index (χ4n) is 7.49. The van der Waals surface area contributed by atoms with Crippen LogP contribution in [0.4, 0.5) is 0 Å². The van der Waals surface area contributed by atoms with Crippen LogP contribution in [0.3, 0.4) is 0 Å². The molecule has 4 rings (SSSR count). The third-order valence-corrected chi connectivity index (χ3v) is 9.05. The molecule has 4 aliphatic carbocycles. The van der Waals surface area contributed by atoms with E-state index in [4.69, 9.17) is 16.2 Å². The average molecular weight is 460 g/mol. The lowest BCUT2D eigenvalue weighted by Crippen LogP contribution is -2.41. The molecule has 33 heavy (non-hydrogen) atoms. The van der Waals surface area contributed by atoms with Gasteiger partial charge in [0, 0.05) is 25.9 Å². The Balaban J connectivity index is 1.24. The minimum Gasteiger partial charge on any atom is -0.462 e. The van der Waals surface area contributed by atoms with Gasteiger partial charge in [0.25, 0.3) is 0 Å². The molecule has 186 valence electrons. The van der Waals surface area contributed by atoms with Gasteiger partial charge >= 0.3 is 5.97 Å². The lowest BCUT2D eigenvalue weighted by molar-refractivity contribution is -0.152. The highest BCUT2D eigenvalue weighted by Gasteiger charge is 2.47. The number of carbonyl (C=O) groups excluding carboxylic acids is 2. The van der Waals surface area contributed by atoms with E-state index in [0.717, 1.165) is 61.7 Å². The smallest absolute Gasteiger partial charge is 0.306 e. The number of fused-ring (bicyclic) bond motifs is 5. The van der Waals surface area contributed by atoms with Gasteiger partial charge in [0.05, 0.1) is 6.42 Å². The molecule has 0 heterocycles. The molecule has 0 bridgehead atoms. The van der Waals surface area contributed by atoms with Gasteiger partial charge in [-0.15, -0.1) is 0 Å². The number of hydrogen-bond acceptors (Lipinski definition) is 5. The maximum absolute atomic E-state index is 12.6. The van der Waals surface area contributed by atoms with Crippen LogP contribution in [-0.4, -0.2) is 49.1 Å². The SMILES string of the molecule is NCCCN(CCCN)C(=O)CCC(=O)OC1CCC2C(=CCC3C4CCCC4CCC23)C1. The Morgan fingerprint density at radius 2 is 1.70 bits per heavy atom. The third-order valence-electron chi connectivity index (χ3n) is 9.05. The molecule has 0 aromatic carbocycles. The van der Waals surface area contributed by atoms with Gasteiger partial charge in [-0.25, -0.2) is 0 Å². The summed E-state index contributed by atoms with van der Waals surface area (Å²) < 4.78 is 5.85. The van der Waals surface area contributed by atoms with E-state index >= 15 is 0 Å². The first-order valence-electron chi connectivity index (χ1n) is 13.7. The summed E-state index contributed by atoms with van der Waals surface area (Å²) in [6, 6.07) is 0. The average Bonchev–Trinajstić information content (AvgIpc) is 3.31. The molecule has 6 heteroatoms. The minimum atomic E-state index is -0.231. The van der Waals surface area contributed by atoms with Gasteiger partial charge in [-0.2, -0.15) is 0 Å². The fourth-order valence-corrected chi connectivity index (χ4v) is 7.49. The van der Waals surface area contributed by atoms with Crippen molar-refractivity contribution in [2.75, 3.05) is 26.2 Å². The van der Waals surface area contributed by atoms with Crippen LogP contribution in [-0.2, 0) is 14.3 Å². The van der Waals surface area contributed by atoms with Gasteiger partial charge in [0.2, 0.25) is 5.91 Å². The molecular formula is C27H45N3O3. The van der Waals surface area contributed by atoms with Gasteiger partial charge in [0.1, 0.15) is 6.10 Å². The zero-order valence-electron chi connectivity index (χ0n) is 20.4. The highest BCUT2D eigenvalue weighted by Crippen LogP contribution is 2.56. The van der Waals surface area contributed by atoms with Gasteiger partial charge in [-0.3, -0.25) is 9.59 Å². The molecule has 4 N–H and O–H groups in total. The Bertz CT molecular complexity index is 701. The van der Waals surface area contributed by atoms with E-state index in [1.54, 1.807) is 10.5 Å². The van der Waals surface area contributed by atoms with Crippen LogP contribution in [0.2, 0.25) is 0 Å². The first kappa shape index (κ1) is 24.7. The maximum atomic E-state index is 12.6. The summed E-state index contributed by atoms with van der Waals surface area (Å²) >= 11 is 0. The van der Waals surface area contributed by atoms with E-state index in [-0.39, 0.29) is 30.8 Å². The molecule has 0 aromatic heterocycles. The van der Waals surface area contributed by atoms with Crippen molar-refractivity contribution in [2.24, 2.45) is 41.1 Å². The Labute approximate surface area is 199 Å². The Hall–Kier alpha value is -1.40. The quantitative estimate of drug-likeness (QED) is 0.383. The molecule has 0 spiro atoms. The van der Waals surface area contributed by atoms with Crippen LogP contribution in [0.1, 0.15) is 83.5 Å². The number of rotatable bonds is 10. The van der Waals surface area contributed by atoms with Gasteiger partial charge in [0.15, 0.2) is 0 Å². The predicted molar refractivity (Wildman–Crippen MR) is 130 cm³/mol. The van der Waals surface area contributed by atoms with E-state index in [1.165, 1.54) is 38.5 Å². The van der Waals surface area contributed by atoms with E-state index < -0.39 is 0 Å². The molecule has 6 unspecified atom stereocenters. The minimum absolute atomic E-state index is 0.00102. The van der Waals surface area contributed by atoms with Crippen LogP contribution in [0.5, 0.6) is 0 Å². The molecule has 1 amide bonds. The number of nitrogens with zero attached hydrogens (tertiary/aromatic N) is 1. The Morgan fingerprint density at radius 1 is 0.909 bits per heavy atom. The Morgan fingerprint density at radius 3 is 2.45 bits per heavy atom. The largest absolute Gasteiger partial charge is 0.462 e. The number of ether oxygens (including phenoxy) is 1. The second kappa shape index (κ2) is 11.8. The van der Waals surface area contributed by atoms with Crippen LogP contribution >= 0.6 is 0 Å². The normalized spacial score (nSPS) is 32.8. The van der Waals surface area contributed by atoms with Crippen molar-refractivity contribution in [1.29, 1.82) is 0 Å². The maximum Gasteiger partial charge on any atom is 0.306 e. The van der Waals surface area contributed by atoms with E-state index in [9.17, 15) is 9.59 Å². The molecule has 6 nitrogen and oxygen atoms in total. The van der Waals surface area contributed by atoms with Crippen molar-refractivity contribution >= 4 is 11.9 Å². The van der Waals surface area contributed by atoms with E-state index in [1.807, 2.05) is 0 Å². The van der Waals surface area contributed by atoms with Crippen molar-refractivity contribution in [3.63, 3.8) is 0 Å². The zero-order chi connectivity index (χ0) is 23.2. The van der Waals surface area contributed by atoms with Crippen molar-refractivity contribution in [3.8, 4) is 0 Å². The summed E-state index contributed by atoms with van der Waals surface area (Å²) in [4.78, 5) is 26.9. The third kappa shape index (κ3) is 6.00. The first-order chi connectivity index (χ1) is 16.1. The van der Waals surface area contributed by atoms with Crippen molar-refractivity contribution in [1.82, 2.24) is 4.90 Å². The highest BCUT2D eigenvalue weighted by molar-refractivity contribution is 5.81. The van der Waals surface area contributed by atoms with Crippen molar-refractivity contribution < 1.29 is 14.3 Å². The summed E-state index contributed by atoms with van der Waals surface area (Å²) in [7, 11) is 0. The highest BCUT2D eigenvalue weighted by atomic mass is 16.5. The molecule has 0 aliphatic heterocycles. The summed E-state index contributed by atoms with van der Waals surface area (Å²) in [5, 5.41) is 0. The first-order valence-corrected chi connectivity index (χ1v) is 13.7. The number of carbonyl (C=O) groups is 2. The lowest BCUT2D eigenvalue weighted by atomic mass is 9.57. The topological polar surface area (TPSA) is 98.6 Å². The lowest BCUT2D eigenvalue weighted by Gasteiger charge is -2.49. The van der Waals surface area contributed by atoms with E-state index in [2.05, 4.69) is 6.08 Å². The van der Waals surface area contributed by atoms with Crippen LogP contribution in [0.15, 0.2) is 11.6 Å². The van der Waals surface area contributed by atoms with E-state index in [0.29, 0.717) is 26.2 Å². The standard InChI is InChI=1S/C27H45N3O3/c28-14-2-16-30(17-3-15-29)26(31)12-13-27(32)33-21-8-11-23-20(18-21)7-10-24-22-5-1-4-19(22)6-9-25(23)24/h7,19,21-25H,1-6,8-18,28-29H2. The molecule has 0 radical (unpaired) electrons. The molecule has 6 atom stereocenters. The number of hydrogen-bond donors (Lipinski definition) is 2. The second-order valence-corrected chi connectivity index (χ2v) is 10.9. The van der Waals surface area contributed by atoms with Crippen LogP contribution in [0.25, 0.3) is 0 Å². The zero-order valence-corrected chi connectivity index (χ0v) is 20.4. The molecule has 3 fully saturated rings. The van der Waals surface area contributed by atoms with Crippen molar-refractivity contribution in [2.45, 2.75) is 89.6 Å². The van der Waals surface area contributed by atoms with Crippen molar-refractivity contribution in [3.05, 3.63) is 11.6 Å². The number of nitrogens with two attached hydrogens (primary N) is 2. The number of esters is 1. The summed E-state index contributed by atoms with van der Waals surface area (Å²) in [6.07, 6.45) is 15.9. The number of amides is 1. The van der Waals surface area contributed by atoms with Crippen LogP contribution in [0, 0.1) is 29.6 Å². The summed E-state index contributed by atoms with van der Waals surface area (Å²) in [6.45, 7) is 2.37.